The van der Waals surface area contributed by atoms with Gasteiger partial charge in [0.1, 0.15) is 10.5 Å². The van der Waals surface area contributed by atoms with Crippen LogP contribution in [0.1, 0.15) is 50.1 Å². The van der Waals surface area contributed by atoms with E-state index in [1.807, 2.05) is 41.0 Å². The second-order valence-corrected chi connectivity index (χ2v) is 9.64. The summed E-state index contributed by atoms with van der Waals surface area (Å²) >= 11 is 1.45. The van der Waals surface area contributed by atoms with Crippen molar-refractivity contribution in [3.63, 3.8) is 0 Å². The molecule has 1 N–H and O–H groups in total. The first-order valence-electron chi connectivity index (χ1n) is 11.1. The molecule has 32 heavy (non-hydrogen) atoms. The lowest BCUT2D eigenvalue weighted by Gasteiger charge is -2.11. The van der Waals surface area contributed by atoms with Crippen LogP contribution in [0, 0.1) is 19.8 Å². The fraction of sp³-hybridized carbons (Fsp3) is 0.417. The molecule has 0 fully saturated rings. The van der Waals surface area contributed by atoms with E-state index in [0.29, 0.717) is 37.5 Å². The summed E-state index contributed by atoms with van der Waals surface area (Å²) in [5.74, 6) is 1.83. The third kappa shape index (κ3) is 4.46. The van der Waals surface area contributed by atoms with Gasteiger partial charge >= 0.3 is 0 Å². The summed E-state index contributed by atoms with van der Waals surface area (Å²) in [6, 6.07) is 7.87. The molecule has 0 radical (unpaired) electrons. The number of anilines is 1. The van der Waals surface area contributed by atoms with Gasteiger partial charge in [0.25, 0.3) is 5.56 Å². The maximum atomic E-state index is 13.0. The number of aromatic nitrogens is 4. The minimum absolute atomic E-state index is 0.00475. The van der Waals surface area contributed by atoms with E-state index < -0.39 is 0 Å². The highest BCUT2D eigenvalue weighted by Crippen LogP contribution is 2.21. The molecule has 7 nitrogen and oxygen atoms in total. The van der Waals surface area contributed by atoms with Crippen LogP contribution in [0.25, 0.3) is 16.0 Å². The highest BCUT2D eigenvalue weighted by Gasteiger charge is 2.17. The van der Waals surface area contributed by atoms with Crippen molar-refractivity contribution in [3.05, 3.63) is 57.0 Å². The number of fused-ring (bicyclic) bond motifs is 3. The largest absolute Gasteiger partial charge is 0.326 e. The summed E-state index contributed by atoms with van der Waals surface area (Å²) in [6.45, 7) is 8.99. The molecule has 1 aromatic carbocycles. The Labute approximate surface area is 191 Å². The summed E-state index contributed by atoms with van der Waals surface area (Å²) in [7, 11) is 0. The van der Waals surface area contributed by atoms with E-state index >= 15 is 0 Å². The lowest BCUT2D eigenvalue weighted by molar-refractivity contribution is -0.116. The summed E-state index contributed by atoms with van der Waals surface area (Å²) in [5, 5.41) is 13.6. The minimum Gasteiger partial charge on any atom is -0.326 e. The SMILES string of the molecule is Cc1ccc(NC(=O)CCCc2nnc3n(CCC(C)C)c(=O)c4sccc4n23)cc1C. The van der Waals surface area contributed by atoms with E-state index in [1.165, 1.54) is 16.9 Å². The van der Waals surface area contributed by atoms with Crippen molar-refractivity contribution >= 4 is 38.9 Å². The summed E-state index contributed by atoms with van der Waals surface area (Å²) < 4.78 is 4.44. The molecule has 3 heterocycles. The molecular formula is C24H29N5O2S. The predicted octanol–water partition coefficient (Wildman–Crippen LogP) is 4.73. The van der Waals surface area contributed by atoms with Gasteiger partial charge in [-0.2, -0.15) is 0 Å². The van der Waals surface area contributed by atoms with Gasteiger partial charge in [0, 0.05) is 25.1 Å². The molecule has 4 aromatic rings. The normalized spacial score (nSPS) is 11.7. The Morgan fingerprint density at radius 2 is 1.97 bits per heavy atom. The van der Waals surface area contributed by atoms with Gasteiger partial charge in [-0.15, -0.1) is 21.5 Å². The van der Waals surface area contributed by atoms with Gasteiger partial charge in [0.15, 0.2) is 0 Å². The van der Waals surface area contributed by atoms with Gasteiger partial charge in [-0.05, 0) is 67.3 Å². The Balaban J connectivity index is 1.51. The first kappa shape index (κ1) is 22.2. The quantitative estimate of drug-likeness (QED) is 0.420. The van der Waals surface area contributed by atoms with Gasteiger partial charge in [-0.1, -0.05) is 19.9 Å². The molecule has 0 bridgehead atoms. The summed E-state index contributed by atoms with van der Waals surface area (Å²) in [4.78, 5) is 25.4. The zero-order valence-corrected chi connectivity index (χ0v) is 19.8. The average Bonchev–Trinajstić information content (AvgIpc) is 3.38. The predicted molar refractivity (Wildman–Crippen MR) is 130 cm³/mol. The molecule has 0 aliphatic heterocycles. The van der Waals surface area contributed by atoms with Gasteiger partial charge in [0.2, 0.25) is 11.7 Å². The van der Waals surface area contributed by atoms with Crippen molar-refractivity contribution in [1.82, 2.24) is 19.2 Å². The van der Waals surface area contributed by atoms with Crippen LogP contribution in [0.5, 0.6) is 0 Å². The molecule has 4 rings (SSSR count). The zero-order chi connectivity index (χ0) is 22.8. The molecule has 0 aliphatic carbocycles. The number of nitrogens with one attached hydrogen (secondary N) is 1. The number of hydrogen-bond acceptors (Lipinski definition) is 5. The fourth-order valence-corrected chi connectivity index (χ4v) is 4.61. The Kier molecular flexibility index (Phi) is 6.41. The highest BCUT2D eigenvalue weighted by molar-refractivity contribution is 7.17. The number of carbonyl (C=O) groups is 1. The second kappa shape index (κ2) is 9.24. The Morgan fingerprint density at radius 3 is 2.72 bits per heavy atom. The summed E-state index contributed by atoms with van der Waals surface area (Å²) in [6.07, 6.45) is 2.54. The van der Waals surface area contributed by atoms with Crippen molar-refractivity contribution in [1.29, 1.82) is 0 Å². The van der Waals surface area contributed by atoms with Crippen LogP contribution in [-0.4, -0.2) is 25.1 Å². The van der Waals surface area contributed by atoms with Crippen molar-refractivity contribution in [2.45, 2.75) is 59.9 Å². The Hall–Kier alpha value is -3.00. The monoisotopic (exact) mass is 451 g/mol. The van der Waals surface area contributed by atoms with Crippen molar-refractivity contribution in [3.8, 4) is 0 Å². The number of rotatable bonds is 8. The van der Waals surface area contributed by atoms with Crippen molar-refractivity contribution in [2.24, 2.45) is 5.92 Å². The second-order valence-electron chi connectivity index (χ2n) is 8.73. The van der Waals surface area contributed by atoms with Crippen LogP contribution in [0.2, 0.25) is 0 Å². The first-order valence-corrected chi connectivity index (χ1v) is 11.9. The number of benzene rings is 1. The number of aryl methyl sites for hydroxylation is 4. The third-order valence-electron chi connectivity index (χ3n) is 5.80. The van der Waals surface area contributed by atoms with Gasteiger partial charge in [-0.25, -0.2) is 0 Å². The standard InChI is InChI=1S/C24H29N5O2S/c1-15(2)10-12-28-23(31)22-19(11-13-32-22)29-20(26-27-24(28)29)6-5-7-21(30)25-18-9-8-16(3)17(4)14-18/h8-9,11,13-15H,5-7,10,12H2,1-4H3,(H,25,30). The van der Waals surface area contributed by atoms with Crippen LogP contribution in [-0.2, 0) is 17.8 Å². The average molecular weight is 452 g/mol. The molecule has 3 aromatic heterocycles. The van der Waals surface area contributed by atoms with Gasteiger partial charge < -0.3 is 5.32 Å². The molecule has 0 atom stereocenters. The topological polar surface area (TPSA) is 81.3 Å². The number of nitrogens with zero attached hydrogens (tertiary/aromatic N) is 4. The van der Waals surface area contributed by atoms with E-state index in [0.717, 1.165) is 33.7 Å². The minimum atomic E-state index is -0.0170. The number of thiophene rings is 1. The van der Waals surface area contributed by atoms with Crippen molar-refractivity contribution in [2.75, 3.05) is 5.32 Å². The van der Waals surface area contributed by atoms with Crippen LogP contribution in [0.15, 0.2) is 34.4 Å². The maximum absolute atomic E-state index is 13.0. The zero-order valence-electron chi connectivity index (χ0n) is 19.0. The molecule has 0 spiro atoms. The van der Waals surface area contributed by atoms with E-state index in [2.05, 4.69) is 36.3 Å². The summed E-state index contributed by atoms with van der Waals surface area (Å²) in [5.41, 5.74) is 4.01. The van der Waals surface area contributed by atoms with E-state index in [1.54, 1.807) is 4.57 Å². The Bertz CT molecular complexity index is 1330. The molecule has 0 unspecified atom stereocenters. The van der Waals surface area contributed by atoms with Crippen LogP contribution >= 0.6 is 11.3 Å². The third-order valence-corrected chi connectivity index (χ3v) is 6.70. The lowest BCUT2D eigenvalue weighted by atomic mass is 10.1. The molecular weight excluding hydrogens is 422 g/mol. The first-order chi connectivity index (χ1) is 15.3. The van der Waals surface area contributed by atoms with E-state index in [-0.39, 0.29) is 11.5 Å². The van der Waals surface area contributed by atoms with E-state index in [4.69, 9.17) is 0 Å². The van der Waals surface area contributed by atoms with Crippen molar-refractivity contribution < 1.29 is 4.79 Å². The van der Waals surface area contributed by atoms with Crippen LogP contribution in [0.4, 0.5) is 5.69 Å². The lowest BCUT2D eigenvalue weighted by Crippen LogP contribution is -2.23. The van der Waals surface area contributed by atoms with E-state index in [9.17, 15) is 9.59 Å². The fourth-order valence-electron chi connectivity index (χ4n) is 3.78. The van der Waals surface area contributed by atoms with Gasteiger partial charge in [0.05, 0.1) is 5.52 Å². The van der Waals surface area contributed by atoms with Gasteiger partial charge in [-0.3, -0.25) is 18.6 Å². The molecule has 1 amide bonds. The Morgan fingerprint density at radius 1 is 1.16 bits per heavy atom. The smallest absolute Gasteiger partial charge is 0.272 e. The highest BCUT2D eigenvalue weighted by atomic mass is 32.1. The van der Waals surface area contributed by atoms with Crippen LogP contribution in [0.3, 0.4) is 0 Å². The molecule has 168 valence electrons. The number of hydrogen-bond donors (Lipinski definition) is 1. The molecule has 0 saturated carbocycles. The maximum Gasteiger partial charge on any atom is 0.272 e. The molecule has 8 heteroatoms. The number of amides is 1. The van der Waals surface area contributed by atoms with Crippen LogP contribution < -0.4 is 10.9 Å². The molecule has 0 aliphatic rings. The number of carbonyl (C=O) groups excluding carboxylic acids is 1. The molecule has 0 saturated heterocycles.